The maximum Gasteiger partial charge on any atom is 0.247 e. The quantitative estimate of drug-likeness (QED) is 0.454. The van der Waals surface area contributed by atoms with Crippen LogP contribution >= 0.6 is 11.8 Å². The third-order valence-corrected chi connectivity index (χ3v) is 4.46. The average molecular weight is 370 g/mol. The molecule has 9 nitrogen and oxygen atoms in total. The van der Waals surface area contributed by atoms with Gasteiger partial charge in [-0.3, -0.25) is 0 Å². The van der Waals surface area contributed by atoms with Crippen LogP contribution in [0.25, 0.3) is 11.5 Å². The minimum atomic E-state index is 0.457. The van der Waals surface area contributed by atoms with Crippen LogP contribution in [0.5, 0.6) is 5.75 Å². The highest BCUT2D eigenvalue weighted by Crippen LogP contribution is 2.24. The van der Waals surface area contributed by atoms with Crippen LogP contribution in [-0.2, 0) is 12.3 Å². The number of hydrogen-bond donors (Lipinski definition) is 0. The van der Waals surface area contributed by atoms with Gasteiger partial charge in [0.15, 0.2) is 0 Å². The van der Waals surface area contributed by atoms with Gasteiger partial charge in [-0.2, -0.15) is 0 Å². The molecule has 0 unspecified atom stereocenters. The Labute approximate surface area is 152 Å². The Bertz CT molecular complexity index is 964. The molecule has 1 aromatic carbocycles. The highest BCUT2D eigenvalue weighted by atomic mass is 32.2. The molecule has 0 saturated heterocycles. The van der Waals surface area contributed by atoms with E-state index < -0.39 is 0 Å². The van der Waals surface area contributed by atoms with Crippen LogP contribution < -0.4 is 4.74 Å². The van der Waals surface area contributed by atoms with Crippen molar-refractivity contribution in [2.75, 3.05) is 7.11 Å². The van der Waals surface area contributed by atoms with Gasteiger partial charge in [0.25, 0.3) is 0 Å². The summed E-state index contributed by atoms with van der Waals surface area (Å²) in [7, 11) is 1.62. The number of nitrogens with zero attached hydrogens (tertiary/aromatic N) is 6. The molecule has 3 heterocycles. The van der Waals surface area contributed by atoms with Crippen LogP contribution in [0.3, 0.4) is 0 Å². The zero-order chi connectivity index (χ0) is 17.8. The molecule has 0 radical (unpaired) electrons. The first-order valence-corrected chi connectivity index (χ1v) is 8.68. The lowest BCUT2D eigenvalue weighted by molar-refractivity contribution is 0.415. The van der Waals surface area contributed by atoms with Crippen molar-refractivity contribution in [3.05, 3.63) is 54.3 Å². The maximum absolute atomic E-state index is 5.71. The Kier molecular flexibility index (Phi) is 4.65. The number of tetrazole rings is 1. The Balaban J connectivity index is 1.41. The van der Waals surface area contributed by atoms with Gasteiger partial charge in [0.05, 0.1) is 19.1 Å². The Morgan fingerprint density at radius 3 is 2.77 bits per heavy atom. The van der Waals surface area contributed by atoms with Crippen LogP contribution in [0, 0.1) is 0 Å². The second-order valence-electron chi connectivity index (χ2n) is 5.22. The normalized spacial score (nSPS) is 11.0. The van der Waals surface area contributed by atoms with Crippen molar-refractivity contribution in [2.24, 2.45) is 0 Å². The summed E-state index contributed by atoms with van der Waals surface area (Å²) in [5, 5.41) is 20.5. The van der Waals surface area contributed by atoms with Gasteiger partial charge in [-0.05, 0) is 46.8 Å². The monoisotopic (exact) mass is 370 g/mol. The molecule has 10 heteroatoms. The van der Waals surface area contributed by atoms with Crippen molar-refractivity contribution in [3.8, 4) is 17.2 Å². The fourth-order valence-corrected chi connectivity index (χ4v) is 2.95. The first-order valence-electron chi connectivity index (χ1n) is 7.70. The van der Waals surface area contributed by atoms with Crippen molar-refractivity contribution >= 4 is 11.8 Å². The summed E-state index contributed by atoms with van der Waals surface area (Å²) in [5.41, 5.74) is 0.831. The van der Waals surface area contributed by atoms with Gasteiger partial charge in [-0.15, -0.1) is 15.3 Å². The number of hydrogen-bond acceptors (Lipinski definition) is 9. The lowest BCUT2D eigenvalue weighted by Crippen LogP contribution is -2.03. The molecule has 0 bridgehead atoms. The van der Waals surface area contributed by atoms with E-state index in [-0.39, 0.29) is 0 Å². The first kappa shape index (κ1) is 16.3. The molecule has 0 amide bonds. The van der Waals surface area contributed by atoms with E-state index in [4.69, 9.17) is 13.6 Å². The van der Waals surface area contributed by atoms with E-state index >= 15 is 0 Å². The van der Waals surface area contributed by atoms with Crippen molar-refractivity contribution < 1.29 is 13.6 Å². The molecular formula is C16H14N6O3S. The molecule has 4 aromatic rings. The van der Waals surface area contributed by atoms with E-state index in [0.717, 1.165) is 17.1 Å². The van der Waals surface area contributed by atoms with E-state index in [2.05, 4.69) is 25.7 Å². The first-order chi connectivity index (χ1) is 12.8. The van der Waals surface area contributed by atoms with E-state index in [1.165, 1.54) is 11.8 Å². The zero-order valence-electron chi connectivity index (χ0n) is 13.8. The molecule has 0 atom stereocenters. The molecule has 0 spiro atoms. The largest absolute Gasteiger partial charge is 0.497 e. The molecular weight excluding hydrogens is 356 g/mol. The number of furan rings is 1. The Hall–Kier alpha value is -3.14. The minimum Gasteiger partial charge on any atom is -0.497 e. The van der Waals surface area contributed by atoms with Crippen LogP contribution in [0.2, 0.25) is 0 Å². The second-order valence-corrected chi connectivity index (χ2v) is 6.16. The molecule has 0 aliphatic rings. The molecule has 0 aliphatic heterocycles. The summed E-state index contributed by atoms with van der Waals surface area (Å²) in [6, 6.07) is 11.1. The minimum absolute atomic E-state index is 0.457. The van der Waals surface area contributed by atoms with E-state index in [0.29, 0.717) is 29.2 Å². The summed E-state index contributed by atoms with van der Waals surface area (Å²) < 4.78 is 17.8. The molecule has 0 N–H and O–H groups in total. The van der Waals surface area contributed by atoms with Crippen molar-refractivity contribution in [1.29, 1.82) is 0 Å². The standard InChI is InChI=1S/C16H14N6O3S/c1-23-12-6-4-11(5-7-12)15-18-17-14(25-15)10-26-16-19-20-21-22(16)9-13-3-2-8-24-13/h2-8H,9-10H2,1H3. The number of benzene rings is 1. The smallest absolute Gasteiger partial charge is 0.247 e. The lowest BCUT2D eigenvalue weighted by atomic mass is 10.2. The molecule has 0 saturated carbocycles. The van der Waals surface area contributed by atoms with Gasteiger partial charge < -0.3 is 13.6 Å². The van der Waals surface area contributed by atoms with Crippen LogP contribution in [0.15, 0.2) is 56.7 Å². The summed E-state index contributed by atoms with van der Waals surface area (Å²) in [6.07, 6.45) is 1.62. The number of rotatable bonds is 7. The van der Waals surface area contributed by atoms with Gasteiger partial charge in [0.2, 0.25) is 16.9 Å². The summed E-state index contributed by atoms with van der Waals surface area (Å²) in [5.74, 6) is 2.96. The fraction of sp³-hybridized carbons (Fsp3) is 0.188. The van der Waals surface area contributed by atoms with Gasteiger partial charge in [0.1, 0.15) is 18.1 Å². The van der Waals surface area contributed by atoms with Crippen LogP contribution in [0.4, 0.5) is 0 Å². The van der Waals surface area contributed by atoms with E-state index in [1.54, 1.807) is 18.1 Å². The zero-order valence-corrected chi connectivity index (χ0v) is 14.6. The van der Waals surface area contributed by atoms with Crippen molar-refractivity contribution in [3.63, 3.8) is 0 Å². The Morgan fingerprint density at radius 1 is 1.12 bits per heavy atom. The summed E-state index contributed by atoms with van der Waals surface area (Å²) >= 11 is 1.41. The van der Waals surface area contributed by atoms with Crippen molar-refractivity contribution in [1.82, 2.24) is 30.4 Å². The summed E-state index contributed by atoms with van der Waals surface area (Å²) in [4.78, 5) is 0. The molecule has 132 valence electrons. The molecule has 0 fully saturated rings. The van der Waals surface area contributed by atoms with E-state index in [9.17, 15) is 0 Å². The number of thioether (sulfide) groups is 1. The predicted molar refractivity (Wildman–Crippen MR) is 91.5 cm³/mol. The van der Waals surface area contributed by atoms with Crippen LogP contribution in [0.1, 0.15) is 11.7 Å². The Morgan fingerprint density at radius 2 is 2.00 bits per heavy atom. The molecule has 26 heavy (non-hydrogen) atoms. The highest BCUT2D eigenvalue weighted by molar-refractivity contribution is 7.98. The average Bonchev–Trinajstić information content (AvgIpc) is 3.43. The van der Waals surface area contributed by atoms with Gasteiger partial charge in [-0.1, -0.05) is 11.8 Å². The highest BCUT2D eigenvalue weighted by Gasteiger charge is 2.13. The molecule has 3 aromatic heterocycles. The third-order valence-electron chi connectivity index (χ3n) is 3.51. The topological polar surface area (TPSA) is 105 Å². The van der Waals surface area contributed by atoms with E-state index in [1.807, 2.05) is 36.4 Å². The van der Waals surface area contributed by atoms with Crippen molar-refractivity contribution in [2.45, 2.75) is 17.5 Å². The number of methoxy groups -OCH3 is 1. The van der Waals surface area contributed by atoms with Gasteiger partial charge in [0, 0.05) is 5.56 Å². The van der Waals surface area contributed by atoms with Gasteiger partial charge in [-0.25, -0.2) is 4.68 Å². The molecule has 4 rings (SSSR count). The van der Waals surface area contributed by atoms with Crippen LogP contribution in [-0.4, -0.2) is 37.5 Å². The SMILES string of the molecule is COc1ccc(-c2nnc(CSc3nnnn3Cc3ccco3)o2)cc1. The summed E-state index contributed by atoms with van der Waals surface area (Å²) in [6.45, 7) is 0.462. The number of aromatic nitrogens is 6. The third kappa shape index (κ3) is 3.59. The number of ether oxygens (including phenoxy) is 1. The second kappa shape index (κ2) is 7.40. The fourth-order valence-electron chi connectivity index (χ4n) is 2.24. The lowest BCUT2D eigenvalue weighted by Gasteiger charge is -2.00. The predicted octanol–water partition coefficient (Wildman–Crippen LogP) is 2.67. The maximum atomic E-state index is 5.71. The molecule has 0 aliphatic carbocycles. The van der Waals surface area contributed by atoms with Gasteiger partial charge >= 0.3 is 0 Å².